The van der Waals surface area contributed by atoms with E-state index in [1.54, 1.807) is 13.0 Å². The number of benzene rings is 3. The number of carbonyl (C=O) groups is 2. The molecule has 1 atom stereocenters. The van der Waals surface area contributed by atoms with E-state index in [2.05, 4.69) is 10.6 Å². The summed E-state index contributed by atoms with van der Waals surface area (Å²) in [6, 6.07) is 11.0. The van der Waals surface area contributed by atoms with Crippen LogP contribution in [0.15, 0.2) is 42.5 Å². The van der Waals surface area contributed by atoms with E-state index in [9.17, 15) is 14.7 Å². The van der Waals surface area contributed by atoms with Crippen molar-refractivity contribution in [2.45, 2.75) is 33.8 Å². The third kappa shape index (κ3) is 7.60. The molecule has 0 bridgehead atoms. The van der Waals surface area contributed by atoms with Gasteiger partial charge in [0.1, 0.15) is 29.5 Å². The number of aryl methyl sites for hydroxylation is 2. The van der Waals surface area contributed by atoms with E-state index in [1.807, 2.05) is 26.0 Å². The largest absolute Gasteiger partial charge is 0.506 e. The van der Waals surface area contributed by atoms with Gasteiger partial charge in [0, 0.05) is 17.8 Å². The normalized spacial score (nSPS) is 11.4. The zero-order chi connectivity index (χ0) is 28.0. The number of amides is 1. The van der Waals surface area contributed by atoms with Crippen molar-refractivity contribution in [2.24, 2.45) is 0 Å². The van der Waals surface area contributed by atoms with Crippen LogP contribution in [0.1, 0.15) is 25.0 Å². The molecule has 3 N–H and O–H groups in total. The minimum Gasteiger partial charge on any atom is -0.506 e. The van der Waals surface area contributed by atoms with Gasteiger partial charge in [0.15, 0.2) is 6.10 Å². The standard InChI is InChI=1S/C27H27Cl3N2O6/c1-5-36-25(34)13-31-17-8-14(2)26(15(3)9-17)38-18-6-7-23(33)22(10-18)32-27(35)16(4)37-24-12-20(29)19(28)11-21(24)30/h6-12,16,31,33H,5,13H2,1-4H3,(H,32,35). The van der Waals surface area contributed by atoms with Gasteiger partial charge in [-0.05, 0) is 69.2 Å². The summed E-state index contributed by atoms with van der Waals surface area (Å²) in [7, 11) is 0. The summed E-state index contributed by atoms with van der Waals surface area (Å²) in [5, 5.41) is 16.7. The van der Waals surface area contributed by atoms with Crippen molar-refractivity contribution >= 4 is 58.1 Å². The summed E-state index contributed by atoms with van der Waals surface area (Å²) in [5.41, 5.74) is 2.51. The van der Waals surface area contributed by atoms with Crippen molar-refractivity contribution in [1.82, 2.24) is 0 Å². The zero-order valence-corrected chi connectivity index (χ0v) is 23.4. The fourth-order valence-electron chi connectivity index (χ4n) is 3.47. The van der Waals surface area contributed by atoms with Gasteiger partial charge >= 0.3 is 5.97 Å². The Kier molecular flexibility index (Phi) is 9.96. The van der Waals surface area contributed by atoms with Crippen LogP contribution in [-0.2, 0) is 14.3 Å². The van der Waals surface area contributed by atoms with Gasteiger partial charge in [-0.3, -0.25) is 9.59 Å². The highest BCUT2D eigenvalue weighted by Crippen LogP contribution is 2.36. The van der Waals surface area contributed by atoms with E-state index in [0.717, 1.165) is 16.8 Å². The number of phenolic OH excluding ortho intramolecular Hbond substituents is 1. The Bertz CT molecular complexity index is 1330. The molecule has 38 heavy (non-hydrogen) atoms. The fraction of sp³-hybridized carbons (Fsp3) is 0.259. The van der Waals surface area contributed by atoms with Crippen molar-refractivity contribution in [2.75, 3.05) is 23.8 Å². The summed E-state index contributed by atoms with van der Waals surface area (Å²) >= 11 is 18.1. The topological polar surface area (TPSA) is 106 Å². The highest BCUT2D eigenvalue weighted by Gasteiger charge is 2.19. The molecular weight excluding hydrogens is 555 g/mol. The average Bonchev–Trinajstić information content (AvgIpc) is 2.85. The molecule has 3 rings (SSSR count). The molecular formula is C27H27Cl3N2O6. The minimum atomic E-state index is -0.979. The molecule has 0 aliphatic carbocycles. The van der Waals surface area contributed by atoms with Crippen LogP contribution in [-0.4, -0.2) is 36.2 Å². The maximum Gasteiger partial charge on any atom is 0.325 e. The van der Waals surface area contributed by atoms with E-state index in [4.69, 9.17) is 49.0 Å². The second kappa shape index (κ2) is 13.0. The molecule has 1 unspecified atom stereocenters. The lowest BCUT2D eigenvalue weighted by Crippen LogP contribution is -2.30. The van der Waals surface area contributed by atoms with Gasteiger partial charge in [0.25, 0.3) is 5.91 Å². The molecule has 0 aliphatic heterocycles. The molecule has 202 valence electrons. The molecule has 0 aromatic heterocycles. The monoisotopic (exact) mass is 580 g/mol. The number of aromatic hydroxyl groups is 1. The summed E-state index contributed by atoms with van der Waals surface area (Å²) in [6.45, 7) is 7.38. The van der Waals surface area contributed by atoms with Crippen LogP contribution in [0.5, 0.6) is 23.0 Å². The third-order valence-corrected chi connectivity index (χ3v) is 6.31. The van der Waals surface area contributed by atoms with Crippen LogP contribution in [0.25, 0.3) is 0 Å². The van der Waals surface area contributed by atoms with Crippen LogP contribution in [0.2, 0.25) is 15.1 Å². The quantitative estimate of drug-likeness (QED) is 0.133. The van der Waals surface area contributed by atoms with Crippen molar-refractivity contribution in [3.05, 3.63) is 68.7 Å². The van der Waals surface area contributed by atoms with Crippen molar-refractivity contribution in [3.8, 4) is 23.0 Å². The molecule has 3 aromatic rings. The molecule has 3 aromatic carbocycles. The Morgan fingerprint density at radius 2 is 1.63 bits per heavy atom. The molecule has 0 aliphatic rings. The van der Waals surface area contributed by atoms with Crippen molar-refractivity contribution in [1.29, 1.82) is 0 Å². The zero-order valence-electron chi connectivity index (χ0n) is 21.2. The van der Waals surface area contributed by atoms with E-state index in [-0.39, 0.29) is 44.8 Å². The Balaban J connectivity index is 1.71. The summed E-state index contributed by atoms with van der Waals surface area (Å²) < 4.78 is 16.6. The first-order valence-electron chi connectivity index (χ1n) is 11.6. The second-order valence-corrected chi connectivity index (χ2v) is 9.55. The maximum atomic E-state index is 12.8. The van der Waals surface area contributed by atoms with Crippen LogP contribution in [0.3, 0.4) is 0 Å². The molecule has 0 spiro atoms. The maximum absolute atomic E-state index is 12.8. The van der Waals surface area contributed by atoms with Crippen LogP contribution >= 0.6 is 34.8 Å². The molecule has 1 amide bonds. The number of rotatable bonds is 10. The Morgan fingerprint density at radius 3 is 2.29 bits per heavy atom. The second-order valence-electron chi connectivity index (χ2n) is 8.32. The average molecular weight is 582 g/mol. The van der Waals surface area contributed by atoms with Crippen LogP contribution in [0.4, 0.5) is 11.4 Å². The number of hydrogen-bond donors (Lipinski definition) is 3. The number of halogens is 3. The van der Waals surface area contributed by atoms with Gasteiger partial charge in [0.05, 0.1) is 27.4 Å². The van der Waals surface area contributed by atoms with Gasteiger partial charge in [-0.1, -0.05) is 34.8 Å². The fourth-order valence-corrected chi connectivity index (χ4v) is 4.05. The SMILES string of the molecule is CCOC(=O)CNc1cc(C)c(Oc2ccc(O)c(NC(=O)C(C)Oc3cc(Cl)c(Cl)cc3Cl)c2)c(C)c1. The molecule has 0 fully saturated rings. The van der Waals surface area contributed by atoms with E-state index in [1.165, 1.54) is 31.2 Å². The first-order valence-corrected chi connectivity index (χ1v) is 12.8. The molecule has 11 heteroatoms. The van der Waals surface area contributed by atoms with Crippen LogP contribution < -0.4 is 20.1 Å². The Labute approximate surface area is 235 Å². The molecule has 0 saturated carbocycles. The highest BCUT2D eigenvalue weighted by atomic mass is 35.5. The van der Waals surface area contributed by atoms with E-state index in [0.29, 0.717) is 18.1 Å². The summed E-state index contributed by atoms with van der Waals surface area (Å²) in [6.07, 6.45) is -0.979. The van der Waals surface area contributed by atoms with Gasteiger partial charge in [-0.25, -0.2) is 0 Å². The third-order valence-electron chi connectivity index (χ3n) is 5.30. The molecule has 8 nitrogen and oxygen atoms in total. The van der Waals surface area contributed by atoms with Crippen LogP contribution in [0, 0.1) is 13.8 Å². The van der Waals surface area contributed by atoms with Gasteiger partial charge in [-0.2, -0.15) is 0 Å². The molecule has 0 saturated heterocycles. The number of esters is 1. The van der Waals surface area contributed by atoms with Gasteiger partial charge in [0.2, 0.25) is 0 Å². The predicted octanol–water partition coefficient (Wildman–Crippen LogP) is 7.14. The summed E-state index contributed by atoms with van der Waals surface area (Å²) in [5.74, 6) is 0.136. The number of carbonyl (C=O) groups excluding carboxylic acids is 2. The molecule has 0 heterocycles. The number of ether oxygens (including phenoxy) is 3. The van der Waals surface area contributed by atoms with Gasteiger partial charge < -0.3 is 30.0 Å². The summed E-state index contributed by atoms with van der Waals surface area (Å²) in [4.78, 5) is 24.4. The van der Waals surface area contributed by atoms with Gasteiger partial charge in [-0.15, -0.1) is 0 Å². The Morgan fingerprint density at radius 1 is 0.974 bits per heavy atom. The Hall–Kier alpha value is -3.33. The lowest BCUT2D eigenvalue weighted by Gasteiger charge is -2.18. The number of nitrogens with one attached hydrogen (secondary N) is 2. The van der Waals surface area contributed by atoms with Crippen molar-refractivity contribution < 1.29 is 28.9 Å². The minimum absolute atomic E-state index is 0.0490. The highest BCUT2D eigenvalue weighted by molar-refractivity contribution is 6.43. The first-order chi connectivity index (χ1) is 18.0. The number of phenols is 1. The number of anilines is 2. The smallest absolute Gasteiger partial charge is 0.325 e. The molecule has 0 radical (unpaired) electrons. The predicted molar refractivity (Wildman–Crippen MR) is 149 cm³/mol. The first kappa shape index (κ1) is 29.2. The van der Waals surface area contributed by atoms with E-state index < -0.39 is 12.0 Å². The number of hydrogen-bond acceptors (Lipinski definition) is 7. The lowest BCUT2D eigenvalue weighted by molar-refractivity contribution is -0.140. The lowest BCUT2D eigenvalue weighted by atomic mass is 10.1. The van der Waals surface area contributed by atoms with Crippen molar-refractivity contribution in [3.63, 3.8) is 0 Å². The van der Waals surface area contributed by atoms with E-state index >= 15 is 0 Å².